The van der Waals surface area contributed by atoms with E-state index >= 15 is 0 Å². The average Bonchev–Trinajstić information content (AvgIpc) is 3.52. The summed E-state index contributed by atoms with van der Waals surface area (Å²) in [5, 5.41) is 17.3. The first kappa shape index (κ1) is 22.0. The van der Waals surface area contributed by atoms with Crippen LogP contribution in [0.25, 0.3) is 0 Å². The van der Waals surface area contributed by atoms with Crippen LogP contribution in [-0.2, 0) is 0 Å². The lowest BCUT2D eigenvalue weighted by molar-refractivity contribution is 0.0996. The molecule has 1 aliphatic carbocycles. The Morgan fingerprint density at radius 2 is 1.94 bits per heavy atom. The highest BCUT2D eigenvalue weighted by Crippen LogP contribution is 2.36. The van der Waals surface area contributed by atoms with Crippen LogP contribution in [0.3, 0.4) is 0 Å². The van der Waals surface area contributed by atoms with Crippen molar-refractivity contribution in [2.75, 3.05) is 10.6 Å². The van der Waals surface area contributed by atoms with Gasteiger partial charge in [-0.25, -0.2) is 14.2 Å². The van der Waals surface area contributed by atoms with E-state index < -0.39 is 23.9 Å². The molecule has 1 aliphatic rings. The molecule has 1 aromatic heterocycles. The van der Waals surface area contributed by atoms with Crippen LogP contribution in [0.4, 0.5) is 26.5 Å². The Labute approximate surface area is 178 Å². The number of nitrogens with one attached hydrogen (secondary N) is 3. The molecule has 1 fully saturated rings. The predicted octanol–water partition coefficient (Wildman–Crippen LogP) is 3.11. The zero-order chi connectivity index (χ0) is 22.7. The number of carbonyl (C=O) groups is 3. The first-order valence-corrected chi connectivity index (χ1v) is 9.80. The maximum Gasteiger partial charge on any atom is 0.404 e. The summed E-state index contributed by atoms with van der Waals surface area (Å²) in [7, 11) is 0. The van der Waals surface area contributed by atoms with Gasteiger partial charge in [0.05, 0.1) is 11.6 Å². The van der Waals surface area contributed by atoms with Crippen molar-refractivity contribution >= 4 is 35.1 Å². The van der Waals surface area contributed by atoms with E-state index in [0.717, 1.165) is 18.9 Å². The number of nitrogens with zero attached hydrogens (tertiary/aromatic N) is 1. The van der Waals surface area contributed by atoms with Crippen LogP contribution < -0.4 is 21.7 Å². The standard InChI is InChI=1S/C21H24FN5O4/c1-10(24-21(30)31)17(12-6-7-12)26-20-16(22)9-15(18(23)29)19(27-20)25-14-5-3-4-13(8-14)11(2)28/h3-5,8-10,12,17,24H,6-7H2,1-2H3,(H2,23,29)(H,30,31)(H2,25,26,27)/t10-,17+/m0/s1. The summed E-state index contributed by atoms with van der Waals surface area (Å²) in [5.41, 5.74) is 6.16. The molecule has 6 N–H and O–H groups in total. The number of benzene rings is 1. The molecule has 1 aromatic carbocycles. The predicted molar refractivity (Wildman–Crippen MR) is 113 cm³/mol. The Kier molecular flexibility index (Phi) is 6.38. The number of carboxylic acid groups (broad SMARTS) is 1. The van der Waals surface area contributed by atoms with Gasteiger partial charge in [0.15, 0.2) is 17.4 Å². The molecule has 1 heterocycles. The van der Waals surface area contributed by atoms with Crippen LogP contribution in [0.2, 0.25) is 0 Å². The highest BCUT2D eigenvalue weighted by atomic mass is 19.1. The van der Waals surface area contributed by atoms with Gasteiger partial charge in [-0.3, -0.25) is 9.59 Å². The molecule has 3 rings (SSSR count). The van der Waals surface area contributed by atoms with Crippen LogP contribution in [-0.4, -0.2) is 40.0 Å². The molecule has 0 unspecified atom stereocenters. The first-order valence-electron chi connectivity index (χ1n) is 9.80. The molecule has 9 nitrogen and oxygen atoms in total. The summed E-state index contributed by atoms with van der Waals surface area (Å²) in [6.07, 6.45) is 0.589. The molecule has 2 amide bonds. The zero-order valence-corrected chi connectivity index (χ0v) is 17.1. The number of halogens is 1. The van der Waals surface area contributed by atoms with Crippen molar-refractivity contribution in [3.05, 3.63) is 47.3 Å². The van der Waals surface area contributed by atoms with E-state index in [1.54, 1.807) is 31.2 Å². The van der Waals surface area contributed by atoms with Gasteiger partial charge >= 0.3 is 6.09 Å². The molecule has 31 heavy (non-hydrogen) atoms. The number of nitrogens with two attached hydrogens (primary N) is 1. The molecular weight excluding hydrogens is 405 g/mol. The number of hydrogen-bond acceptors (Lipinski definition) is 6. The van der Waals surface area contributed by atoms with Gasteiger partial charge in [-0.2, -0.15) is 0 Å². The van der Waals surface area contributed by atoms with Gasteiger partial charge in [-0.05, 0) is 50.8 Å². The number of anilines is 3. The van der Waals surface area contributed by atoms with Crippen LogP contribution >= 0.6 is 0 Å². The van der Waals surface area contributed by atoms with Crippen molar-refractivity contribution < 1.29 is 23.9 Å². The van der Waals surface area contributed by atoms with E-state index in [1.165, 1.54) is 6.92 Å². The summed E-state index contributed by atoms with van der Waals surface area (Å²) in [4.78, 5) is 38.7. The van der Waals surface area contributed by atoms with E-state index in [9.17, 15) is 18.8 Å². The second-order valence-corrected chi connectivity index (χ2v) is 7.59. The number of hydrogen-bond donors (Lipinski definition) is 5. The van der Waals surface area contributed by atoms with Gasteiger partial charge in [0.25, 0.3) is 5.91 Å². The summed E-state index contributed by atoms with van der Waals surface area (Å²) in [5.74, 6) is -1.74. The largest absolute Gasteiger partial charge is 0.465 e. The maximum atomic E-state index is 14.7. The maximum absolute atomic E-state index is 14.7. The second kappa shape index (κ2) is 8.99. The molecular formula is C21H24FN5O4. The van der Waals surface area contributed by atoms with Crippen molar-refractivity contribution in [1.29, 1.82) is 0 Å². The quantitative estimate of drug-likeness (QED) is 0.385. The minimum Gasteiger partial charge on any atom is -0.465 e. The number of pyridine rings is 1. The van der Waals surface area contributed by atoms with Crippen LogP contribution in [0, 0.1) is 11.7 Å². The molecule has 2 aromatic rings. The molecule has 1 saturated carbocycles. The van der Waals surface area contributed by atoms with Gasteiger partial charge in [0, 0.05) is 17.3 Å². The zero-order valence-electron chi connectivity index (χ0n) is 17.1. The molecule has 164 valence electrons. The number of amides is 2. The van der Waals surface area contributed by atoms with Crippen LogP contribution in [0.15, 0.2) is 30.3 Å². The number of ketones is 1. The fourth-order valence-electron chi connectivity index (χ4n) is 3.37. The van der Waals surface area contributed by atoms with Crippen molar-refractivity contribution in [2.24, 2.45) is 11.7 Å². The van der Waals surface area contributed by atoms with Gasteiger partial charge in [-0.1, -0.05) is 12.1 Å². The van der Waals surface area contributed by atoms with Crippen molar-refractivity contribution in [3.8, 4) is 0 Å². The van der Waals surface area contributed by atoms with E-state index in [0.29, 0.717) is 11.3 Å². The molecule has 2 atom stereocenters. The lowest BCUT2D eigenvalue weighted by Gasteiger charge is -2.26. The van der Waals surface area contributed by atoms with Crippen molar-refractivity contribution in [3.63, 3.8) is 0 Å². The Morgan fingerprint density at radius 3 is 2.52 bits per heavy atom. The fraction of sp³-hybridized carbons (Fsp3) is 0.333. The number of aromatic nitrogens is 1. The third-order valence-corrected chi connectivity index (χ3v) is 5.10. The molecule has 0 saturated heterocycles. The molecule has 10 heteroatoms. The SMILES string of the molecule is CC(=O)c1cccc(Nc2nc(N[C@@H](C3CC3)[C@H](C)NC(=O)O)c(F)cc2C(N)=O)c1. The smallest absolute Gasteiger partial charge is 0.404 e. The lowest BCUT2D eigenvalue weighted by atomic mass is 10.0. The Bertz CT molecular complexity index is 1020. The van der Waals surface area contributed by atoms with Gasteiger partial charge in [0.1, 0.15) is 5.82 Å². The third kappa shape index (κ3) is 5.47. The van der Waals surface area contributed by atoms with E-state index in [-0.39, 0.29) is 34.9 Å². The molecule has 0 aliphatic heterocycles. The Morgan fingerprint density at radius 1 is 1.23 bits per heavy atom. The average molecular weight is 429 g/mol. The van der Waals surface area contributed by atoms with E-state index in [2.05, 4.69) is 20.9 Å². The van der Waals surface area contributed by atoms with Crippen LogP contribution in [0.1, 0.15) is 47.4 Å². The Balaban J connectivity index is 1.93. The third-order valence-electron chi connectivity index (χ3n) is 5.10. The number of carbonyl (C=O) groups excluding carboxylic acids is 2. The fourth-order valence-corrected chi connectivity index (χ4v) is 3.37. The number of primary amides is 1. The Hall–Kier alpha value is -3.69. The summed E-state index contributed by atoms with van der Waals surface area (Å²) >= 11 is 0. The van der Waals surface area contributed by atoms with Gasteiger partial charge in [0.2, 0.25) is 0 Å². The van der Waals surface area contributed by atoms with Gasteiger partial charge < -0.3 is 26.8 Å². The number of Topliss-reactive ketones (excluding diaryl/α,β-unsaturated/α-hetero) is 1. The minimum atomic E-state index is -1.18. The topological polar surface area (TPSA) is 146 Å². The van der Waals surface area contributed by atoms with E-state index in [4.69, 9.17) is 10.8 Å². The lowest BCUT2D eigenvalue weighted by Crippen LogP contribution is -2.45. The number of rotatable bonds is 9. The molecule has 0 bridgehead atoms. The summed E-state index contributed by atoms with van der Waals surface area (Å²) in [6.45, 7) is 3.11. The van der Waals surface area contributed by atoms with E-state index in [1.807, 2.05) is 0 Å². The molecule has 0 spiro atoms. The monoisotopic (exact) mass is 429 g/mol. The summed E-state index contributed by atoms with van der Waals surface area (Å²) < 4.78 is 14.7. The van der Waals surface area contributed by atoms with Gasteiger partial charge in [-0.15, -0.1) is 0 Å². The highest BCUT2D eigenvalue weighted by molar-refractivity contribution is 5.99. The van der Waals surface area contributed by atoms with Crippen molar-refractivity contribution in [1.82, 2.24) is 10.3 Å². The van der Waals surface area contributed by atoms with Crippen molar-refractivity contribution in [2.45, 2.75) is 38.8 Å². The highest BCUT2D eigenvalue weighted by Gasteiger charge is 2.36. The summed E-state index contributed by atoms with van der Waals surface area (Å²) in [6, 6.07) is 6.66. The second-order valence-electron chi connectivity index (χ2n) is 7.59. The first-order chi connectivity index (χ1) is 14.7. The minimum absolute atomic E-state index is 0.0190. The molecule has 0 radical (unpaired) electrons. The normalized spacial score (nSPS) is 14.9. The van der Waals surface area contributed by atoms with Crippen LogP contribution in [0.5, 0.6) is 0 Å².